The monoisotopic (exact) mass is 861 g/mol. The molecule has 3 saturated heterocycles. The fourth-order valence-corrected chi connectivity index (χ4v) is 11.6. The molecular formula is C46H51N7O8S. The molecule has 4 aliphatic heterocycles. The van der Waals surface area contributed by atoms with Crippen molar-refractivity contribution in [1.82, 2.24) is 19.6 Å². The smallest absolute Gasteiger partial charge is 0.297 e. The van der Waals surface area contributed by atoms with E-state index < -0.39 is 31.4 Å². The molecule has 2 atom stereocenters. The molecule has 62 heavy (non-hydrogen) atoms. The van der Waals surface area contributed by atoms with Gasteiger partial charge in [0.25, 0.3) is 21.6 Å². The third kappa shape index (κ3) is 7.72. The minimum atomic E-state index is -4.63. The van der Waals surface area contributed by atoms with Gasteiger partial charge in [0.1, 0.15) is 23.8 Å². The Morgan fingerprint density at radius 1 is 1.02 bits per heavy atom. The fourth-order valence-electron chi connectivity index (χ4n) is 10.6. The second-order valence-electron chi connectivity index (χ2n) is 17.7. The highest BCUT2D eigenvalue weighted by Gasteiger charge is 2.50. The molecule has 15 nitrogen and oxygen atoms in total. The van der Waals surface area contributed by atoms with Crippen LogP contribution in [-0.2, 0) is 14.8 Å². The molecule has 1 spiro atoms. The molecule has 4 fully saturated rings. The number of carbonyl (C=O) groups is 1. The summed E-state index contributed by atoms with van der Waals surface area (Å²) >= 11 is 0. The van der Waals surface area contributed by atoms with E-state index in [0.29, 0.717) is 42.1 Å². The maximum atomic E-state index is 14.0. The topological polar surface area (TPSA) is 181 Å². The summed E-state index contributed by atoms with van der Waals surface area (Å²) in [5, 5.41) is 16.3. The van der Waals surface area contributed by atoms with Crippen LogP contribution in [0.4, 0.5) is 17.1 Å². The van der Waals surface area contributed by atoms with E-state index in [1.165, 1.54) is 42.9 Å². The zero-order valence-electron chi connectivity index (χ0n) is 34.7. The number of rotatable bonds is 10. The van der Waals surface area contributed by atoms with Gasteiger partial charge in [-0.25, -0.2) is 18.1 Å². The van der Waals surface area contributed by atoms with Gasteiger partial charge in [0.2, 0.25) is 0 Å². The number of hydrogen-bond donors (Lipinski definition) is 3. The van der Waals surface area contributed by atoms with E-state index in [0.717, 1.165) is 62.5 Å². The van der Waals surface area contributed by atoms with Crippen LogP contribution in [0, 0.1) is 28.4 Å². The molecule has 1 saturated carbocycles. The predicted octanol–water partition coefficient (Wildman–Crippen LogP) is 7.88. The summed E-state index contributed by atoms with van der Waals surface area (Å²) < 4.78 is 47.7. The van der Waals surface area contributed by atoms with Crippen molar-refractivity contribution in [3.05, 3.63) is 106 Å². The van der Waals surface area contributed by atoms with Crippen LogP contribution in [0.2, 0.25) is 0 Å². The summed E-state index contributed by atoms with van der Waals surface area (Å²) in [6.45, 7) is 6.45. The Labute approximate surface area is 360 Å². The molecule has 16 heteroatoms. The molecule has 0 bridgehead atoms. The molecule has 0 unspecified atom stereocenters. The lowest BCUT2D eigenvalue weighted by molar-refractivity contribution is -0.384. The van der Waals surface area contributed by atoms with Crippen molar-refractivity contribution in [3.63, 3.8) is 0 Å². The second kappa shape index (κ2) is 16.2. The maximum absolute atomic E-state index is 14.0. The van der Waals surface area contributed by atoms with Crippen LogP contribution >= 0.6 is 0 Å². The van der Waals surface area contributed by atoms with Crippen molar-refractivity contribution < 1.29 is 32.3 Å². The van der Waals surface area contributed by atoms with Crippen LogP contribution in [0.5, 0.6) is 17.2 Å². The third-order valence-corrected chi connectivity index (χ3v) is 15.3. The van der Waals surface area contributed by atoms with Crippen LogP contribution in [0.1, 0.15) is 78.9 Å². The highest BCUT2D eigenvalue weighted by atomic mass is 32.2. The van der Waals surface area contributed by atoms with E-state index in [9.17, 15) is 23.3 Å². The van der Waals surface area contributed by atoms with Gasteiger partial charge in [-0.1, -0.05) is 24.3 Å². The van der Waals surface area contributed by atoms with Gasteiger partial charge < -0.3 is 29.4 Å². The number of hydrogen-bond acceptors (Lipinski definition) is 12. The molecule has 3 N–H and O–H groups in total. The van der Waals surface area contributed by atoms with E-state index in [1.54, 1.807) is 30.6 Å². The van der Waals surface area contributed by atoms with Crippen molar-refractivity contribution >= 4 is 44.0 Å². The molecule has 5 aromatic rings. The van der Waals surface area contributed by atoms with E-state index in [4.69, 9.17) is 14.2 Å². The quantitative estimate of drug-likeness (QED) is 0.0915. The summed E-state index contributed by atoms with van der Waals surface area (Å²) in [5.74, 6) is -0.230. The van der Waals surface area contributed by atoms with Gasteiger partial charge in [0.15, 0.2) is 11.4 Å². The number of anilines is 2. The number of sulfonamides is 1. The van der Waals surface area contributed by atoms with E-state index in [-0.39, 0.29) is 41.3 Å². The number of nitro benzene ring substituents is 1. The van der Waals surface area contributed by atoms with E-state index >= 15 is 0 Å². The van der Waals surface area contributed by atoms with Crippen LogP contribution in [0.15, 0.2) is 84.0 Å². The minimum absolute atomic E-state index is 0.0274. The number of nitrogens with one attached hydrogen (secondary N) is 3. The Kier molecular flexibility index (Phi) is 10.5. The van der Waals surface area contributed by atoms with Gasteiger partial charge in [0.05, 0.1) is 27.6 Å². The third-order valence-electron chi connectivity index (χ3n) is 14.0. The summed E-state index contributed by atoms with van der Waals surface area (Å²) in [6.07, 6.45) is 11.8. The number of amides is 1. The second-order valence-corrected chi connectivity index (χ2v) is 19.4. The number of aryl methyl sites for hydroxylation is 1. The van der Waals surface area contributed by atoms with Gasteiger partial charge in [-0.3, -0.25) is 19.8 Å². The molecule has 2 aromatic heterocycles. The minimum Gasteiger partial charge on any atom is -0.489 e. The van der Waals surface area contributed by atoms with Crippen molar-refractivity contribution in [1.29, 1.82) is 0 Å². The number of fused-ring (bicyclic) bond motifs is 2. The lowest BCUT2D eigenvalue weighted by atomic mass is 9.59. The number of carbonyl (C=O) groups excluding carboxylic acids is 1. The Hall–Kier alpha value is -5.71. The highest BCUT2D eigenvalue weighted by molar-refractivity contribution is 7.90. The molecule has 6 heterocycles. The summed E-state index contributed by atoms with van der Waals surface area (Å²) in [5.41, 5.74) is 4.29. The van der Waals surface area contributed by atoms with Gasteiger partial charge in [0, 0.05) is 73.9 Å². The zero-order chi connectivity index (χ0) is 42.6. The molecular weight excluding hydrogens is 811 g/mol. The van der Waals surface area contributed by atoms with E-state index in [2.05, 4.69) is 61.0 Å². The number of aromatic nitrogens is 2. The van der Waals surface area contributed by atoms with Gasteiger partial charge >= 0.3 is 0 Å². The van der Waals surface area contributed by atoms with Crippen LogP contribution in [0.25, 0.3) is 11.0 Å². The van der Waals surface area contributed by atoms with Crippen LogP contribution < -0.4 is 24.4 Å². The zero-order valence-corrected chi connectivity index (χ0v) is 35.5. The number of H-pyrrole nitrogens is 1. The van der Waals surface area contributed by atoms with Crippen LogP contribution in [0.3, 0.4) is 0 Å². The number of nitrogens with zero attached hydrogens (tertiary/aromatic N) is 4. The van der Waals surface area contributed by atoms with Crippen molar-refractivity contribution in [3.8, 4) is 17.2 Å². The molecule has 1 aliphatic carbocycles. The summed E-state index contributed by atoms with van der Waals surface area (Å²) in [6, 6.07) is 20.7. The number of aromatic amines is 1. The standard InChI is InChI=1S/C46H51N7O8S/c1-29-5-2-3-6-36(29)39-7-4-16-52(39)33-25-46(26-33)13-17-51(18-14-46)32-8-9-37(41(22-32)61-34-21-31-10-15-47-44(31)48-27-34)45(54)50-62(57,58)35-23-40(53(55)56)43-42(24-35)60-28-38(49-43)30-11-19-59-20-12-30/h2-3,5-6,8-10,15,21-24,27,30,33,38-39,49H,4,7,11-14,16-20,25-26,28H2,1H3,(H,47,48)(H,50,54)/t38-,39-/m0/s1. The Bertz CT molecular complexity index is 2630. The number of nitro groups is 1. The molecule has 1 amide bonds. The predicted molar refractivity (Wildman–Crippen MR) is 234 cm³/mol. The first kappa shape index (κ1) is 40.4. The Balaban J connectivity index is 0.866. The number of ether oxygens (including phenoxy) is 3. The van der Waals surface area contributed by atoms with Gasteiger partial charge in [-0.05, 0) is 112 Å². The first-order valence-corrected chi connectivity index (χ1v) is 23.2. The molecule has 324 valence electrons. The van der Waals surface area contributed by atoms with Crippen molar-refractivity contribution in [2.75, 3.05) is 49.7 Å². The molecule has 0 radical (unpaired) electrons. The SMILES string of the molecule is Cc1ccccc1[C@@H]1CCCN1C1CC2(CCN(c3ccc(C(=O)NS(=O)(=O)c4cc5c(c([N+](=O)[O-])c4)N[C@H](C4CCOCC4)CO5)c(Oc4cnc5[nH]ccc5c4)c3)CC2)C1. The highest BCUT2D eigenvalue weighted by Crippen LogP contribution is 2.54. The normalized spacial score (nSPS) is 21.8. The summed E-state index contributed by atoms with van der Waals surface area (Å²) in [7, 11) is -4.63. The molecule has 5 aliphatic rings. The van der Waals surface area contributed by atoms with E-state index in [1.807, 2.05) is 12.1 Å². The Morgan fingerprint density at radius 3 is 2.61 bits per heavy atom. The largest absolute Gasteiger partial charge is 0.489 e. The molecule has 10 rings (SSSR count). The fraction of sp³-hybridized carbons (Fsp3) is 0.435. The summed E-state index contributed by atoms with van der Waals surface area (Å²) in [4.78, 5) is 37.8. The van der Waals surface area contributed by atoms with Crippen LogP contribution in [-0.4, -0.2) is 85.7 Å². The van der Waals surface area contributed by atoms with Gasteiger partial charge in [-0.15, -0.1) is 0 Å². The Morgan fingerprint density at radius 2 is 1.82 bits per heavy atom. The average Bonchev–Trinajstić information content (AvgIpc) is 3.95. The average molecular weight is 862 g/mol. The first-order valence-electron chi connectivity index (χ1n) is 21.7. The number of benzene rings is 3. The lowest BCUT2D eigenvalue weighted by Crippen LogP contribution is -2.54. The number of likely N-dealkylation sites (tertiary alicyclic amines) is 1. The first-order chi connectivity index (χ1) is 30.0. The number of piperidine rings is 1. The number of pyridine rings is 1. The lowest BCUT2D eigenvalue weighted by Gasteiger charge is -2.56. The maximum Gasteiger partial charge on any atom is 0.297 e. The van der Waals surface area contributed by atoms with Crippen molar-refractivity contribution in [2.24, 2.45) is 11.3 Å². The molecule has 3 aromatic carbocycles. The van der Waals surface area contributed by atoms with Crippen molar-refractivity contribution in [2.45, 2.75) is 81.3 Å². The van der Waals surface area contributed by atoms with Gasteiger partial charge in [-0.2, -0.15) is 0 Å².